The molecule has 0 aliphatic rings. The van der Waals surface area contributed by atoms with Crippen molar-refractivity contribution in [1.82, 2.24) is 9.97 Å². The largest absolute Gasteiger partial charge is 0.329 e. The number of nitrogens with zero attached hydrogens (tertiary/aromatic N) is 2. The highest BCUT2D eigenvalue weighted by atomic mass is 14.8. The second-order valence-corrected chi connectivity index (χ2v) is 3.33. The number of rotatable bonds is 3. The van der Waals surface area contributed by atoms with Crippen LogP contribution in [0.5, 0.6) is 0 Å². The average molecular weight is 199 g/mol. The molecule has 1 aromatic heterocycles. The van der Waals surface area contributed by atoms with Crippen LogP contribution in [-0.2, 0) is 0 Å². The van der Waals surface area contributed by atoms with Crippen molar-refractivity contribution in [2.24, 2.45) is 5.73 Å². The van der Waals surface area contributed by atoms with Crippen LogP contribution in [0.1, 0.15) is 17.2 Å². The summed E-state index contributed by atoms with van der Waals surface area (Å²) in [4.78, 5) is 8.34. The van der Waals surface area contributed by atoms with Crippen LogP contribution >= 0.6 is 0 Å². The van der Waals surface area contributed by atoms with Crippen molar-refractivity contribution >= 4 is 0 Å². The van der Waals surface area contributed by atoms with Crippen LogP contribution in [0.3, 0.4) is 0 Å². The Kier molecular flexibility index (Phi) is 3.05. The maximum atomic E-state index is 5.77. The van der Waals surface area contributed by atoms with E-state index in [1.54, 1.807) is 18.6 Å². The monoisotopic (exact) mass is 199 g/mol. The first kappa shape index (κ1) is 9.80. The van der Waals surface area contributed by atoms with Gasteiger partial charge >= 0.3 is 0 Å². The molecule has 2 N–H and O–H groups in total. The Morgan fingerprint density at radius 3 is 2.53 bits per heavy atom. The molecule has 2 aromatic rings. The molecule has 0 aliphatic heterocycles. The Balaban J connectivity index is 2.34. The smallest absolute Gasteiger partial charge is 0.0674 e. The summed E-state index contributed by atoms with van der Waals surface area (Å²) in [7, 11) is 0. The highest BCUT2D eigenvalue weighted by Crippen LogP contribution is 2.20. The Morgan fingerprint density at radius 2 is 1.93 bits per heavy atom. The molecular weight excluding hydrogens is 186 g/mol. The van der Waals surface area contributed by atoms with Gasteiger partial charge in [-0.15, -0.1) is 0 Å². The maximum Gasteiger partial charge on any atom is 0.0674 e. The minimum atomic E-state index is 0.139. The fourth-order valence-corrected chi connectivity index (χ4v) is 1.60. The lowest BCUT2D eigenvalue weighted by atomic mass is 9.96. The van der Waals surface area contributed by atoms with Crippen LogP contribution in [0.2, 0.25) is 0 Å². The predicted octanol–water partition coefficient (Wildman–Crippen LogP) is 1.57. The van der Waals surface area contributed by atoms with Crippen molar-refractivity contribution in [1.29, 1.82) is 0 Å². The van der Waals surface area contributed by atoms with E-state index in [-0.39, 0.29) is 5.92 Å². The number of hydrogen-bond acceptors (Lipinski definition) is 3. The normalized spacial score (nSPS) is 12.3. The quantitative estimate of drug-likeness (QED) is 0.816. The van der Waals surface area contributed by atoms with E-state index in [1.807, 2.05) is 18.2 Å². The number of aromatic nitrogens is 2. The van der Waals surface area contributed by atoms with E-state index < -0.39 is 0 Å². The highest BCUT2D eigenvalue weighted by Gasteiger charge is 2.12. The van der Waals surface area contributed by atoms with Gasteiger partial charge in [-0.25, -0.2) is 0 Å². The van der Waals surface area contributed by atoms with Crippen molar-refractivity contribution in [3.05, 3.63) is 60.2 Å². The summed E-state index contributed by atoms with van der Waals surface area (Å²) < 4.78 is 0. The molecule has 3 nitrogen and oxygen atoms in total. The Labute approximate surface area is 89.0 Å². The third-order valence-electron chi connectivity index (χ3n) is 2.38. The summed E-state index contributed by atoms with van der Waals surface area (Å²) in [6, 6.07) is 10.1. The van der Waals surface area contributed by atoms with Crippen LogP contribution in [0.4, 0.5) is 0 Å². The van der Waals surface area contributed by atoms with Gasteiger partial charge in [-0.05, 0) is 5.56 Å². The van der Waals surface area contributed by atoms with Gasteiger partial charge in [0.25, 0.3) is 0 Å². The van der Waals surface area contributed by atoms with Gasteiger partial charge in [-0.3, -0.25) is 9.97 Å². The first-order valence-corrected chi connectivity index (χ1v) is 4.92. The van der Waals surface area contributed by atoms with Crippen LogP contribution in [0.15, 0.2) is 48.9 Å². The van der Waals surface area contributed by atoms with Gasteiger partial charge < -0.3 is 5.73 Å². The molecule has 0 bridgehead atoms. The second kappa shape index (κ2) is 4.66. The molecule has 0 radical (unpaired) electrons. The molecule has 3 heteroatoms. The molecule has 1 atom stereocenters. The van der Waals surface area contributed by atoms with Gasteiger partial charge in [0.1, 0.15) is 0 Å². The topological polar surface area (TPSA) is 51.8 Å². The van der Waals surface area contributed by atoms with Gasteiger partial charge in [0.05, 0.1) is 5.69 Å². The molecule has 1 aromatic carbocycles. The van der Waals surface area contributed by atoms with Gasteiger partial charge in [0.2, 0.25) is 0 Å². The lowest BCUT2D eigenvalue weighted by Crippen LogP contribution is -2.15. The van der Waals surface area contributed by atoms with Crippen molar-refractivity contribution in [3.63, 3.8) is 0 Å². The minimum absolute atomic E-state index is 0.139. The molecule has 1 heterocycles. The number of benzene rings is 1. The van der Waals surface area contributed by atoms with Gasteiger partial charge in [0, 0.05) is 31.1 Å². The van der Waals surface area contributed by atoms with E-state index in [0.717, 1.165) is 5.69 Å². The molecule has 0 unspecified atom stereocenters. The summed E-state index contributed by atoms with van der Waals surface area (Å²) in [5, 5.41) is 0. The molecule has 0 amide bonds. The zero-order chi connectivity index (χ0) is 10.5. The van der Waals surface area contributed by atoms with Crippen LogP contribution in [0.25, 0.3) is 0 Å². The highest BCUT2D eigenvalue weighted by molar-refractivity contribution is 5.27. The lowest BCUT2D eigenvalue weighted by Gasteiger charge is -2.13. The van der Waals surface area contributed by atoms with Crippen molar-refractivity contribution < 1.29 is 0 Å². The number of nitrogens with two attached hydrogens (primary N) is 1. The van der Waals surface area contributed by atoms with Gasteiger partial charge in [0.15, 0.2) is 0 Å². The van der Waals surface area contributed by atoms with E-state index in [4.69, 9.17) is 5.73 Å². The van der Waals surface area contributed by atoms with E-state index in [1.165, 1.54) is 5.56 Å². The maximum absolute atomic E-state index is 5.77. The van der Waals surface area contributed by atoms with Crippen LogP contribution in [-0.4, -0.2) is 16.5 Å². The lowest BCUT2D eigenvalue weighted by molar-refractivity contribution is 0.779. The van der Waals surface area contributed by atoms with Crippen molar-refractivity contribution in [2.45, 2.75) is 5.92 Å². The van der Waals surface area contributed by atoms with E-state index in [9.17, 15) is 0 Å². The SMILES string of the molecule is NC[C@@H](c1ccccc1)c1cnccn1. The molecular formula is C12H13N3. The van der Waals surface area contributed by atoms with Gasteiger partial charge in [-0.2, -0.15) is 0 Å². The summed E-state index contributed by atoms with van der Waals surface area (Å²) in [5.41, 5.74) is 7.87. The summed E-state index contributed by atoms with van der Waals surface area (Å²) >= 11 is 0. The standard InChI is InChI=1S/C12H13N3/c13-8-11(10-4-2-1-3-5-10)12-9-14-6-7-15-12/h1-7,9,11H,8,13H2/t11-/m0/s1. The minimum Gasteiger partial charge on any atom is -0.329 e. The van der Waals surface area contributed by atoms with Crippen molar-refractivity contribution in [2.75, 3.05) is 6.54 Å². The van der Waals surface area contributed by atoms with Gasteiger partial charge in [-0.1, -0.05) is 30.3 Å². The van der Waals surface area contributed by atoms with E-state index in [2.05, 4.69) is 22.1 Å². The average Bonchev–Trinajstić information content (AvgIpc) is 2.33. The van der Waals surface area contributed by atoms with E-state index >= 15 is 0 Å². The fourth-order valence-electron chi connectivity index (χ4n) is 1.60. The fraction of sp³-hybridized carbons (Fsp3) is 0.167. The van der Waals surface area contributed by atoms with Crippen LogP contribution < -0.4 is 5.73 Å². The Hall–Kier alpha value is -1.74. The molecule has 0 saturated heterocycles. The summed E-state index contributed by atoms with van der Waals surface area (Å²) in [5.74, 6) is 0.139. The first-order valence-electron chi connectivity index (χ1n) is 4.92. The molecule has 76 valence electrons. The molecule has 0 spiro atoms. The number of hydrogen-bond donors (Lipinski definition) is 1. The molecule has 15 heavy (non-hydrogen) atoms. The Bertz CT molecular complexity index is 360. The molecule has 0 fully saturated rings. The third kappa shape index (κ3) is 2.19. The second-order valence-electron chi connectivity index (χ2n) is 3.33. The van der Waals surface area contributed by atoms with Crippen molar-refractivity contribution in [3.8, 4) is 0 Å². The zero-order valence-corrected chi connectivity index (χ0v) is 8.38. The first-order chi connectivity index (χ1) is 7.42. The summed E-state index contributed by atoms with van der Waals surface area (Å²) in [6.07, 6.45) is 5.13. The molecule has 2 rings (SSSR count). The zero-order valence-electron chi connectivity index (χ0n) is 8.38. The van der Waals surface area contributed by atoms with Crippen LogP contribution in [0, 0.1) is 0 Å². The summed E-state index contributed by atoms with van der Waals surface area (Å²) in [6.45, 7) is 0.544. The predicted molar refractivity (Wildman–Crippen MR) is 59.4 cm³/mol. The third-order valence-corrected chi connectivity index (χ3v) is 2.38. The Morgan fingerprint density at radius 1 is 1.13 bits per heavy atom. The molecule has 0 aliphatic carbocycles. The van der Waals surface area contributed by atoms with E-state index in [0.29, 0.717) is 6.54 Å². The molecule has 0 saturated carbocycles.